The van der Waals surface area contributed by atoms with Crippen molar-refractivity contribution in [3.8, 4) is 11.5 Å². The molecule has 8 nitrogen and oxygen atoms in total. The summed E-state index contributed by atoms with van der Waals surface area (Å²) < 4.78 is 15.8. The number of amides is 1. The fourth-order valence-electron chi connectivity index (χ4n) is 4.10. The largest absolute Gasteiger partial charge is 0.493 e. The van der Waals surface area contributed by atoms with E-state index in [0.717, 1.165) is 31.1 Å². The van der Waals surface area contributed by atoms with Crippen LogP contribution in [-0.4, -0.2) is 25.0 Å². The number of methoxy groups -OCH3 is 1. The number of esters is 1. The average Bonchev–Trinajstić information content (AvgIpc) is 2.81. The summed E-state index contributed by atoms with van der Waals surface area (Å²) in [4.78, 5) is 37.2. The second-order valence-electron chi connectivity index (χ2n) is 8.03. The van der Waals surface area contributed by atoms with Crippen molar-refractivity contribution < 1.29 is 23.5 Å². The van der Waals surface area contributed by atoms with E-state index in [1.807, 2.05) is 12.1 Å². The maximum absolute atomic E-state index is 13.1. The number of hydrogen-bond acceptors (Lipinski definition) is 7. The van der Waals surface area contributed by atoms with Crippen LogP contribution in [0.4, 0.5) is 11.4 Å². The minimum Gasteiger partial charge on any atom is -0.493 e. The van der Waals surface area contributed by atoms with E-state index < -0.39 is 17.5 Å². The second-order valence-corrected chi connectivity index (χ2v) is 8.03. The Kier molecular flexibility index (Phi) is 6.63. The number of benzene rings is 2. The molecule has 2 aromatic carbocycles. The van der Waals surface area contributed by atoms with Crippen LogP contribution >= 0.6 is 0 Å². The average molecular weight is 450 g/mol. The Hall–Kier alpha value is -3.81. The fourth-order valence-corrected chi connectivity index (χ4v) is 4.10. The molecule has 1 saturated carbocycles. The van der Waals surface area contributed by atoms with E-state index in [9.17, 15) is 14.4 Å². The molecule has 0 bridgehead atoms. The van der Waals surface area contributed by atoms with Gasteiger partial charge < -0.3 is 24.5 Å². The summed E-state index contributed by atoms with van der Waals surface area (Å²) in [6.07, 6.45) is 5.43. The van der Waals surface area contributed by atoms with Gasteiger partial charge in [0.2, 0.25) is 0 Å². The zero-order chi connectivity index (χ0) is 23.4. The number of carbonyl (C=O) groups excluding carboxylic acids is 2. The first-order valence-electron chi connectivity index (χ1n) is 11.0. The lowest BCUT2D eigenvalue weighted by molar-refractivity contribution is -0.132. The van der Waals surface area contributed by atoms with Crippen molar-refractivity contribution in [1.29, 1.82) is 0 Å². The Morgan fingerprint density at radius 2 is 1.76 bits per heavy atom. The molecular formula is C25H26N2O6. The Balaban J connectivity index is 1.70. The lowest BCUT2D eigenvalue weighted by Crippen LogP contribution is -2.26. The molecule has 2 N–H and O–H groups in total. The van der Waals surface area contributed by atoms with Crippen molar-refractivity contribution in [3.63, 3.8) is 0 Å². The first-order chi connectivity index (χ1) is 16.0. The van der Waals surface area contributed by atoms with Crippen molar-refractivity contribution >= 4 is 34.2 Å². The molecular weight excluding hydrogens is 424 g/mol. The molecule has 0 unspecified atom stereocenters. The van der Waals surface area contributed by atoms with E-state index in [4.69, 9.17) is 13.9 Å². The van der Waals surface area contributed by atoms with Gasteiger partial charge in [-0.15, -0.1) is 0 Å². The van der Waals surface area contributed by atoms with Crippen LogP contribution in [0.25, 0.3) is 11.0 Å². The van der Waals surface area contributed by atoms with Crippen LogP contribution in [-0.2, 0) is 4.79 Å². The number of rotatable bonds is 6. The molecule has 0 radical (unpaired) electrons. The van der Waals surface area contributed by atoms with Crippen molar-refractivity contribution in [1.82, 2.24) is 0 Å². The van der Waals surface area contributed by atoms with Crippen LogP contribution in [0.3, 0.4) is 0 Å². The highest BCUT2D eigenvalue weighted by atomic mass is 16.6. The first-order valence-corrected chi connectivity index (χ1v) is 11.0. The molecule has 1 fully saturated rings. The summed E-state index contributed by atoms with van der Waals surface area (Å²) >= 11 is 0. The first kappa shape index (κ1) is 22.4. The number of anilines is 2. The Morgan fingerprint density at radius 1 is 1.00 bits per heavy atom. The third-order valence-corrected chi connectivity index (χ3v) is 5.68. The van der Waals surface area contributed by atoms with Crippen molar-refractivity contribution in [2.45, 2.75) is 45.1 Å². The fraction of sp³-hybridized carbons (Fsp3) is 0.320. The molecule has 3 aromatic rings. The SMILES string of the molecule is COc1cc(C(=O)Nc2c(NC3CCCCC3)c3ccccc3oc2=O)ccc1OC(C)=O. The zero-order valence-electron chi connectivity index (χ0n) is 18.6. The number of carbonyl (C=O) groups is 2. The molecule has 1 aliphatic rings. The molecule has 8 heteroatoms. The van der Waals surface area contributed by atoms with Crippen molar-refractivity contribution in [3.05, 3.63) is 58.4 Å². The van der Waals surface area contributed by atoms with E-state index in [0.29, 0.717) is 11.3 Å². The molecule has 0 saturated heterocycles. The van der Waals surface area contributed by atoms with Crippen LogP contribution in [0.2, 0.25) is 0 Å². The highest BCUT2D eigenvalue weighted by Gasteiger charge is 2.22. The Morgan fingerprint density at radius 3 is 2.48 bits per heavy atom. The molecule has 1 aromatic heterocycles. The third-order valence-electron chi connectivity index (χ3n) is 5.68. The molecule has 1 amide bonds. The molecule has 1 aliphatic carbocycles. The van der Waals surface area contributed by atoms with Crippen LogP contribution in [0, 0.1) is 0 Å². The normalized spacial score (nSPS) is 14.0. The summed E-state index contributed by atoms with van der Waals surface area (Å²) in [6, 6.07) is 11.9. The second kappa shape index (κ2) is 9.77. The number of fused-ring (bicyclic) bond motifs is 1. The van der Waals surface area contributed by atoms with Gasteiger partial charge in [-0.25, -0.2) is 4.79 Å². The van der Waals surface area contributed by atoms with Gasteiger partial charge >= 0.3 is 11.6 Å². The van der Waals surface area contributed by atoms with E-state index in [-0.39, 0.29) is 28.8 Å². The van der Waals surface area contributed by atoms with Gasteiger partial charge in [-0.05, 0) is 43.2 Å². The van der Waals surface area contributed by atoms with Gasteiger partial charge in [-0.1, -0.05) is 31.4 Å². The van der Waals surface area contributed by atoms with Crippen LogP contribution in [0.15, 0.2) is 51.7 Å². The highest BCUT2D eigenvalue weighted by Crippen LogP contribution is 2.33. The Labute approximate surface area is 190 Å². The summed E-state index contributed by atoms with van der Waals surface area (Å²) in [5.74, 6) is -0.593. The smallest absolute Gasteiger partial charge is 0.362 e. The zero-order valence-corrected chi connectivity index (χ0v) is 18.6. The van der Waals surface area contributed by atoms with Crippen molar-refractivity contribution in [2.75, 3.05) is 17.7 Å². The highest BCUT2D eigenvalue weighted by molar-refractivity contribution is 6.09. The molecule has 0 atom stereocenters. The van der Waals surface area contributed by atoms with Crippen LogP contribution in [0.5, 0.6) is 11.5 Å². The van der Waals surface area contributed by atoms with E-state index in [1.165, 1.54) is 38.7 Å². The van der Waals surface area contributed by atoms with Gasteiger partial charge in [0.15, 0.2) is 17.2 Å². The minimum absolute atomic E-state index is 0.0623. The van der Waals surface area contributed by atoms with Crippen LogP contribution in [0.1, 0.15) is 49.4 Å². The van der Waals surface area contributed by atoms with Crippen LogP contribution < -0.4 is 25.7 Å². The standard InChI is InChI=1S/C25H26N2O6/c1-15(28)32-20-13-12-16(14-21(20)31-2)24(29)27-23-22(26-17-8-4-3-5-9-17)18-10-6-7-11-19(18)33-25(23)30/h6-7,10-14,17,26H,3-5,8-9H2,1-2H3,(H,27,29). The van der Waals surface area contributed by atoms with Gasteiger partial charge in [0.1, 0.15) is 5.58 Å². The predicted octanol–water partition coefficient (Wildman–Crippen LogP) is 4.72. The summed E-state index contributed by atoms with van der Waals surface area (Å²) in [5, 5.41) is 6.93. The maximum Gasteiger partial charge on any atom is 0.362 e. The van der Waals surface area contributed by atoms with Gasteiger partial charge in [-0.3, -0.25) is 9.59 Å². The van der Waals surface area contributed by atoms with Gasteiger partial charge in [0, 0.05) is 23.9 Å². The molecule has 172 valence electrons. The van der Waals surface area contributed by atoms with Gasteiger partial charge in [-0.2, -0.15) is 0 Å². The number of hydrogen-bond donors (Lipinski definition) is 2. The molecule has 1 heterocycles. The van der Waals surface area contributed by atoms with Gasteiger partial charge in [0.05, 0.1) is 12.8 Å². The summed E-state index contributed by atoms with van der Waals surface area (Å²) in [7, 11) is 1.41. The molecule has 4 rings (SSSR count). The summed E-state index contributed by atoms with van der Waals surface area (Å²) in [6.45, 7) is 1.28. The minimum atomic E-state index is -0.635. The van der Waals surface area contributed by atoms with E-state index in [1.54, 1.807) is 12.1 Å². The number of para-hydroxylation sites is 1. The lowest BCUT2D eigenvalue weighted by atomic mass is 9.95. The van der Waals surface area contributed by atoms with Crippen molar-refractivity contribution in [2.24, 2.45) is 0 Å². The molecule has 0 aliphatic heterocycles. The lowest BCUT2D eigenvalue weighted by Gasteiger charge is -2.25. The topological polar surface area (TPSA) is 107 Å². The maximum atomic E-state index is 13.1. The predicted molar refractivity (Wildman–Crippen MR) is 125 cm³/mol. The summed E-state index contributed by atoms with van der Waals surface area (Å²) in [5.41, 5.74) is 0.673. The number of nitrogens with one attached hydrogen (secondary N) is 2. The third kappa shape index (κ3) is 5.00. The molecule has 33 heavy (non-hydrogen) atoms. The van der Waals surface area contributed by atoms with E-state index >= 15 is 0 Å². The molecule has 0 spiro atoms. The monoisotopic (exact) mass is 450 g/mol. The van der Waals surface area contributed by atoms with E-state index in [2.05, 4.69) is 10.6 Å². The number of ether oxygens (including phenoxy) is 2. The Bertz CT molecular complexity index is 1240. The van der Waals surface area contributed by atoms with Gasteiger partial charge in [0.25, 0.3) is 5.91 Å². The quantitative estimate of drug-likeness (QED) is 0.318.